The van der Waals surface area contributed by atoms with E-state index >= 15 is 0 Å². The van der Waals surface area contributed by atoms with Crippen LogP contribution in [0.3, 0.4) is 0 Å². The molecule has 0 fully saturated rings. The molecule has 2 atom stereocenters. The highest BCUT2D eigenvalue weighted by Crippen LogP contribution is 2.53. The quantitative estimate of drug-likeness (QED) is 0.711. The van der Waals surface area contributed by atoms with Crippen LogP contribution in [0.15, 0.2) is 23.8 Å². The molecule has 0 saturated carbocycles. The lowest BCUT2D eigenvalue weighted by Crippen LogP contribution is -2.45. The average molecular weight is 337 g/mol. The number of rotatable bonds is 4. The first-order valence-corrected chi connectivity index (χ1v) is 6.83. The molecule has 2 aliphatic rings. The largest absolute Gasteiger partial charge is 0.507 e. The third-order valence-corrected chi connectivity index (χ3v) is 3.87. The maximum Gasteiger partial charge on any atom is 0.127 e. The summed E-state index contributed by atoms with van der Waals surface area (Å²) in [5, 5.41) is 11.1. The Morgan fingerprint density at radius 1 is 1.43 bits per heavy atom. The standard InChI is InChI=1S/C21H30O2/c1-5-6-7-8-15-12-18(22)20-16-11-14(2)9-10-17(16)21(3,4)23-19(20)13-15/h11-13,16-17,22H,5-10H2,1-4H3/t16-,17-/m1/s1/i1D3,2D3,3D3,4D3,5D2,6D2,7D2,8D2,9D2. The summed E-state index contributed by atoms with van der Waals surface area (Å²) in [6.07, 6.45) is -18.9. The number of phenolic OH excluding ortho intramolecular Hbond substituents is 1. The van der Waals surface area contributed by atoms with Gasteiger partial charge in [0.2, 0.25) is 0 Å². The zero-order valence-electron chi connectivity index (χ0n) is 33.9. The molecule has 126 valence electrons. The Morgan fingerprint density at radius 2 is 2.35 bits per heavy atom. The molecule has 0 saturated heterocycles. The number of allylic oxidation sites excluding steroid dienone is 2. The summed E-state index contributed by atoms with van der Waals surface area (Å²) in [6, 6.07) is 1.07. The Kier molecular flexibility index (Phi) is 1.19. The monoisotopic (exact) mass is 336 g/mol. The van der Waals surface area contributed by atoms with Crippen LogP contribution in [0.5, 0.6) is 11.5 Å². The fourth-order valence-electron chi connectivity index (χ4n) is 2.87. The van der Waals surface area contributed by atoms with E-state index in [1.807, 2.05) is 0 Å². The van der Waals surface area contributed by atoms with Crippen molar-refractivity contribution in [1.29, 1.82) is 0 Å². The van der Waals surface area contributed by atoms with E-state index in [9.17, 15) is 5.11 Å². The lowest BCUT2D eigenvalue weighted by molar-refractivity contribution is 0.0107. The van der Waals surface area contributed by atoms with Gasteiger partial charge in [0.05, 0.1) is 0 Å². The number of fused-ring (bicyclic) bond motifs is 3. The summed E-state index contributed by atoms with van der Waals surface area (Å²) < 4.78 is 182. The normalized spacial score (nSPS) is 46.2. The number of hydrogen-bond acceptors (Lipinski definition) is 2. The molecule has 2 nitrogen and oxygen atoms in total. The molecule has 0 radical (unpaired) electrons. The van der Waals surface area contributed by atoms with Crippen molar-refractivity contribution in [2.24, 2.45) is 5.92 Å². The van der Waals surface area contributed by atoms with E-state index in [1.165, 1.54) is 0 Å². The van der Waals surface area contributed by atoms with Crippen LogP contribution >= 0.6 is 0 Å². The maximum absolute atomic E-state index is 11.1. The second-order valence-electron chi connectivity index (χ2n) is 5.34. The van der Waals surface area contributed by atoms with Gasteiger partial charge in [0.1, 0.15) is 17.1 Å². The van der Waals surface area contributed by atoms with E-state index in [-0.39, 0.29) is 0 Å². The summed E-state index contributed by atoms with van der Waals surface area (Å²) in [5.41, 5.74) is -5.65. The fraction of sp³-hybridized carbons (Fsp3) is 0.619. The minimum atomic E-state index is -4.10. The number of ether oxygens (including phenoxy) is 1. The van der Waals surface area contributed by atoms with Gasteiger partial charge in [0.15, 0.2) is 0 Å². The number of hydrogen-bond donors (Lipinski definition) is 1. The van der Waals surface area contributed by atoms with E-state index in [0.29, 0.717) is 12.1 Å². The first-order valence-electron chi connectivity index (χ1n) is 17.8. The van der Waals surface area contributed by atoms with Crippen molar-refractivity contribution < 1.29 is 40.0 Å². The predicted octanol–water partition coefficient (Wildman–Crippen LogP) is 5.74. The smallest absolute Gasteiger partial charge is 0.127 e. The molecule has 3 rings (SSSR count). The van der Waals surface area contributed by atoms with E-state index in [1.54, 1.807) is 0 Å². The van der Waals surface area contributed by atoms with Gasteiger partial charge in [-0.25, -0.2) is 0 Å². The summed E-state index contributed by atoms with van der Waals surface area (Å²) in [6.45, 7) is -14.1. The molecule has 0 aromatic heterocycles. The minimum Gasteiger partial charge on any atom is -0.507 e. The first-order chi connectivity index (χ1) is 19.5. The third kappa shape index (κ3) is 3.13. The van der Waals surface area contributed by atoms with Gasteiger partial charge in [0.25, 0.3) is 0 Å². The van der Waals surface area contributed by atoms with Crippen molar-refractivity contribution in [3.8, 4) is 11.5 Å². The van der Waals surface area contributed by atoms with E-state index in [0.717, 1.165) is 6.08 Å². The van der Waals surface area contributed by atoms with Crippen molar-refractivity contribution in [2.75, 3.05) is 0 Å². The lowest BCUT2D eigenvalue weighted by atomic mass is 9.68. The highest BCUT2D eigenvalue weighted by atomic mass is 16.5. The van der Waals surface area contributed by atoms with Crippen LogP contribution in [0.1, 0.15) is 107 Å². The van der Waals surface area contributed by atoms with Crippen LogP contribution in [0.25, 0.3) is 0 Å². The molecule has 1 N–H and O–H groups in total. The van der Waals surface area contributed by atoms with E-state index < -0.39 is 111 Å². The second kappa shape index (κ2) is 6.22. The van der Waals surface area contributed by atoms with E-state index in [2.05, 4.69) is 0 Å². The van der Waals surface area contributed by atoms with Crippen LogP contribution in [0.4, 0.5) is 0 Å². The van der Waals surface area contributed by atoms with Crippen molar-refractivity contribution >= 4 is 0 Å². The van der Waals surface area contributed by atoms with Crippen molar-refractivity contribution in [3.63, 3.8) is 0 Å². The summed E-state index contributed by atoms with van der Waals surface area (Å²) in [4.78, 5) is 0. The zero-order chi connectivity index (χ0) is 35.6. The molecule has 23 heavy (non-hydrogen) atoms. The Morgan fingerprint density at radius 3 is 3.13 bits per heavy atom. The van der Waals surface area contributed by atoms with Crippen molar-refractivity contribution in [3.05, 3.63) is 34.9 Å². The van der Waals surface area contributed by atoms with Gasteiger partial charge in [-0.05, 0) is 63.8 Å². The van der Waals surface area contributed by atoms with Crippen LogP contribution in [0.2, 0.25) is 0 Å². The molecule has 1 aromatic rings. The third-order valence-electron chi connectivity index (χ3n) is 3.87. The Labute approximate surface area is 171 Å². The van der Waals surface area contributed by atoms with Gasteiger partial charge < -0.3 is 9.84 Å². The van der Waals surface area contributed by atoms with Gasteiger partial charge in [-0.1, -0.05) is 31.2 Å². The van der Waals surface area contributed by atoms with Crippen LogP contribution in [0, 0.1) is 5.92 Å². The molecule has 0 bridgehead atoms. The number of aryl methyl sites for hydroxylation is 1. The van der Waals surface area contributed by atoms with E-state index in [4.69, 9.17) is 34.9 Å². The zero-order valence-corrected chi connectivity index (χ0v) is 11.9. The van der Waals surface area contributed by atoms with Crippen LogP contribution < -0.4 is 4.74 Å². The molecule has 2 heteroatoms. The molecule has 1 aromatic carbocycles. The van der Waals surface area contributed by atoms with Crippen molar-refractivity contribution in [2.45, 2.75) is 77.2 Å². The van der Waals surface area contributed by atoms with Gasteiger partial charge >= 0.3 is 0 Å². The lowest BCUT2D eigenvalue weighted by Gasteiger charge is -2.46. The highest BCUT2D eigenvalue weighted by Gasteiger charge is 2.45. The number of phenols is 1. The summed E-state index contributed by atoms with van der Waals surface area (Å²) >= 11 is 0. The molecule has 0 amide bonds. The van der Waals surface area contributed by atoms with Gasteiger partial charge in [-0.15, -0.1) is 0 Å². The van der Waals surface area contributed by atoms with Gasteiger partial charge in [-0.3, -0.25) is 0 Å². The predicted molar refractivity (Wildman–Crippen MR) is 95.3 cm³/mol. The van der Waals surface area contributed by atoms with Crippen molar-refractivity contribution in [1.82, 2.24) is 0 Å². The Hall–Kier alpha value is -1.44. The second-order valence-corrected chi connectivity index (χ2v) is 5.34. The highest BCUT2D eigenvalue weighted by molar-refractivity contribution is 5.53. The SMILES string of the molecule is [2H]C([2H])([2H])C1=C[C@H]2c3c(O)cc(C([2H])([2H])C([2H])([2H])C([2H])([2H])C([2H])([2H])C([2H])([2H])[2H])cc3OC(C([2H])([2H])[2H])(C([2H])([2H])[2H])[C@@H]2CC1([2H])[2H]. The molecule has 1 heterocycles. The molecule has 1 aliphatic carbocycles. The number of aromatic hydroxyl groups is 1. The fourth-order valence-corrected chi connectivity index (χ4v) is 2.87. The van der Waals surface area contributed by atoms with Crippen LogP contribution in [-0.4, -0.2) is 10.7 Å². The average Bonchev–Trinajstić information content (AvgIpc) is 2.78. The Balaban J connectivity index is 2.43. The first kappa shape index (κ1) is 4.39. The minimum absolute atomic E-state index is 0.484. The molecule has 0 spiro atoms. The maximum atomic E-state index is 11.1. The topological polar surface area (TPSA) is 29.5 Å². The summed E-state index contributed by atoms with van der Waals surface area (Å²) in [7, 11) is 0. The molecule has 0 unspecified atom stereocenters. The summed E-state index contributed by atoms with van der Waals surface area (Å²) in [5.74, 6) is -5.44. The van der Waals surface area contributed by atoms with Gasteiger partial charge in [0, 0.05) is 47.6 Å². The molecular formula is C21H30O2. The number of benzene rings is 1. The molecular weight excluding hydrogens is 284 g/mol. The van der Waals surface area contributed by atoms with Crippen LogP contribution in [-0.2, 0) is 6.37 Å². The van der Waals surface area contributed by atoms with Gasteiger partial charge in [-0.2, -0.15) is 0 Å². The molecule has 1 aliphatic heterocycles. The Bertz CT molecular complexity index is 1340.